The molecule has 104 valence electrons. The van der Waals surface area contributed by atoms with E-state index in [9.17, 15) is 13.6 Å². The SMILES string of the molecule is NC(=S)CCN(C(=O)CCOCC(F)F)C1CC1. The van der Waals surface area contributed by atoms with Crippen molar-refractivity contribution >= 4 is 23.1 Å². The second-order valence-corrected chi connectivity index (χ2v) is 4.77. The molecule has 0 heterocycles. The van der Waals surface area contributed by atoms with Crippen LogP contribution in [-0.4, -0.2) is 48.0 Å². The van der Waals surface area contributed by atoms with Gasteiger partial charge < -0.3 is 15.4 Å². The second-order valence-electron chi connectivity index (χ2n) is 4.25. The number of nitrogens with two attached hydrogens (primary N) is 1. The Hall–Kier alpha value is -0.820. The Labute approximate surface area is 110 Å². The molecule has 2 N–H and O–H groups in total. The van der Waals surface area contributed by atoms with Crippen molar-refractivity contribution in [1.82, 2.24) is 4.90 Å². The number of thiocarbonyl (C=S) groups is 1. The lowest BCUT2D eigenvalue weighted by Crippen LogP contribution is -2.36. The molecule has 1 aliphatic rings. The van der Waals surface area contributed by atoms with E-state index in [0.29, 0.717) is 18.0 Å². The summed E-state index contributed by atoms with van der Waals surface area (Å²) in [5, 5.41) is 0. The van der Waals surface area contributed by atoms with Crippen molar-refractivity contribution in [2.45, 2.75) is 38.2 Å². The zero-order chi connectivity index (χ0) is 13.5. The summed E-state index contributed by atoms with van der Waals surface area (Å²) >= 11 is 4.77. The normalized spacial score (nSPS) is 14.8. The van der Waals surface area contributed by atoms with Crippen LogP contribution in [0.25, 0.3) is 0 Å². The largest absolute Gasteiger partial charge is 0.393 e. The standard InChI is InChI=1S/C11H18F2N2O2S/c12-9(13)7-17-6-4-11(16)15(8-1-2-8)5-3-10(14)18/h8-9H,1-7H2,(H2,14,18). The Morgan fingerprint density at radius 2 is 2.11 bits per heavy atom. The Balaban J connectivity index is 2.24. The monoisotopic (exact) mass is 280 g/mol. The van der Waals surface area contributed by atoms with Gasteiger partial charge in [0.15, 0.2) is 0 Å². The maximum atomic E-state index is 11.9. The predicted molar refractivity (Wildman–Crippen MR) is 67.6 cm³/mol. The highest BCUT2D eigenvalue weighted by Crippen LogP contribution is 2.27. The highest BCUT2D eigenvalue weighted by atomic mass is 32.1. The van der Waals surface area contributed by atoms with Gasteiger partial charge in [-0.3, -0.25) is 4.79 Å². The van der Waals surface area contributed by atoms with Gasteiger partial charge in [-0.1, -0.05) is 12.2 Å². The van der Waals surface area contributed by atoms with E-state index >= 15 is 0 Å². The molecule has 0 aliphatic heterocycles. The van der Waals surface area contributed by atoms with E-state index in [0.717, 1.165) is 12.8 Å². The fourth-order valence-electron chi connectivity index (χ4n) is 1.60. The molecule has 0 atom stereocenters. The maximum Gasteiger partial charge on any atom is 0.261 e. The number of hydrogen-bond donors (Lipinski definition) is 1. The van der Waals surface area contributed by atoms with Crippen molar-refractivity contribution in [2.24, 2.45) is 5.73 Å². The van der Waals surface area contributed by atoms with E-state index < -0.39 is 13.0 Å². The third-order valence-electron chi connectivity index (χ3n) is 2.61. The van der Waals surface area contributed by atoms with Gasteiger partial charge in [0.05, 0.1) is 18.0 Å². The molecule has 0 unspecified atom stereocenters. The first-order valence-corrected chi connectivity index (χ1v) is 6.35. The summed E-state index contributed by atoms with van der Waals surface area (Å²) in [6, 6.07) is 0.266. The molecule has 1 rings (SSSR count). The fraction of sp³-hybridized carbons (Fsp3) is 0.818. The molecule has 0 radical (unpaired) electrons. The highest BCUT2D eigenvalue weighted by molar-refractivity contribution is 7.80. The lowest BCUT2D eigenvalue weighted by Gasteiger charge is -2.22. The van der Waals surface area contributed by atoms with Crippen molar-refractivity contribution in [1.29, 1.82) is 0 Å². The molecule has 0 spiro atoms. The predicted octanol–water partition coefficient (Wildman–Crippen LogP) is 1.33. The number of carbonyl (C=O) groups excluding carboxylic acids is 1. The van der Waals surface area contributed by atoms with Crippen LogP contribution in [0, 0.1) is 0 Å². The number of rotatable bonds is 9. The van der Waals surface area contributed by atoms with Gasteiger partial charge >= 0.3 is 0 Å². The zero-order valence-corrected chi connectivity index (χ0v) is 10.9. The number of amides is 1. The first-order chi connectivity index (χ1) is 8.50. The molecular formula is C11H18F2N2O2S. The van der Waals surface area contributed by atoms with Gasteiger partial charge in [0.25, 0.3) is 6.43 Å². The van der Waals surface area contributed by atoms with E-state index in [4.69, 9.17) is 22.7 Å². The van der Waals surface area contributed by atoms with Gasteiger partial charge in [0.1, 0.15) is 6.61 Å². The Morgan fingerprint density at radius 3 is 2.61 bits per heavy atom. The molecular weight excluding hydrogens is 262 g/mol. The average molecular weight is 280 g/mol. The Morgan fingerprint density at radius 1 is 1.44 bits per heavy atom. The Bertz CT molecular complexity index is 299. The molecule has 18 heavy (non-hydrogen) atoms. The van der Waals surface area contributed by atoms with Crippen LogP contribution in [0.5, 0.6) is 0 Å². The van der Waals surface area contributed by atoms with Gasteiger partial charge in [-0.15, -0.1) is 0 Å². The summed E-state index contributed by atoms with van der Waals surface area (Å²) in [5.41, 5.74) is 5.40. The van der Waals surface area contributed by atoms with Crippen LogP contribution < -0.4 is 5.73 Å². The molecule has 0 aromatic heterocycles. The van der Waals surface area contributed by atoms with E-state index in [2.05, 4.69) is 0 Å². The third kappa shape index (κ3) is 6.20. The minimum atomic E-state index is -2.49. The number of halogens is 2. The lowest BCUT2D eigenvalue weighted by atomic mass is 10.3. The topological polar surface area (TPSA) is 55.6 Å². The number of nitrogens with zero attached hydrogens (tertiary/aromatic N) is 1. The summed E-state index contributed by atoms with van der Waals surface area (Å²) < 4.78 is 28.3. The van der Waals surface area contributed by atoms with Gasteiger partial charge in [0, 0.05) is 19.0 Å². The number of hydrogen-bond acceptors (Lipinski definition) is 3. The summed E-state index contributed by atoms with van der Waals surface area (Å²) in [6.45, 7) is -0.0866. The van der Waals surface area contributed by atoms with Crippen molar-refractivity contribution in [3.63, 3.8) is 0 Å². The van der Waals surface area contributed by atoms with Crippen molar-refractivity contribution in [3.05, 3.63) is 0 Å². The molecule has 0 aromatic rings. The minimum absolute atomic E-state index is 0.0272. The molecule has 7 heteroatoms. The van der Waals surface area contributed by atoms with Gasteiger partial charge in [-0.25, -0.2) is 8.78 Å². The van der Waals surface area contributed by atoms with E-state index in [-0.39, 0.29) is 25.0 Å². The molecule has 1 aliphatic carbocycles. The van der Waals surface area contributed by atoms with Gasteiger partial charge in [-0.2, -0.15) is 0 Å². The molecule has 0 bridgehead atoms. The van der Waals surface area contributed by atoms with E-state index in [1.165, 1.54) is 0 Å². The molecule has 1 amide bonds. The molecule has 4 nitrogen and oxygen atoms in total. The second kappa shape index (κ2) is 7.58. The molecule has 0 saturated heterocycles. The first kappa shape index (κ1) is 15.2. The maximum absolute atomic E-state index is 11.9. The van der Waals surface area contributed by atoms with Crippen LogP contribution in [0.2, 0.25) is 0 Å². The van der Waals surface area contributed by atoms with Gasteiger partial charge in [0.2, 0.25) is 5.91 Å². The summed E-state index contributed by atoms with van der Waals surface area (Å²) in [4.78, 5) is 14.0. The first-order valence-electron chi connectivity index (χ1n) is 5.94. The van der Waals surface area contributed by atoms with E-state index in [1.54, 1.807) is 4.90 Å². The van der Waals surface area contributed by atoms with Gasteiger partial charge in [-0.05, 0) is 12.8 Å². The smallest absolute Gasteiger partial charge is 0.261 e. The van der Waals surface area contributed by atoms with Crippen molar-refractivity contribution in [3.8, 4) is 0 Å². The molecule has 1 saturated carbocycles. The zero-order valence-electron chi connectivity index (χ0n) is 10.1. The fourth-order valence-corrected chi connectivity index (χ4v) is 1.69. The summed E-state index contributed by atoms with van der Waals surface area (Å²) in [5.74, 6) is -0.0805. The summed E-state index contributed by atoms with van der Waals surface area (Å²) in [7, 11) is 0. The third-order valence-corrected chi connectivity index (χ3v) is 2.82. The van der Waals surface area contributed by atoms with Crippen LogP contribution in [0.4, 0.5) is 8.78 Å². The summed E-state index contributed by atoms with van der Waals surface area (Å²) in [6.07, 6.45) is 0.104. The lowest BCUT2D eigenvalue weighted by molar-refractivity contribution is -0.133. The minimum Gasteiger partial charge on any atom is -0.393 e. The molecule has 1 fully saturated rings. The van der Waals surface area contributed by atoms with Crippen molar-refractivity contribution < 1.29 is 18.3 Å². The van der Waals surface area contributed by atoms with E-state index in [1.807, 2.05) is 0 Å². The van der Waals surface area contributed by atoms with Crippen molar-refractivity contribution in [2.75, 3.05) is 19.8 Å². The van der Waals surface area contributed by atoms with Crippen LogP contribution in [0.1, 0.15) is 25.7 Å². The molecule has 0 aromatic carbocycles. The quantitative estimate of drug-likeness (QED) is 0.511. The van der Waals surface area contributed by atoms with Crippen LogP contribution in [-0.2, 0) is 9.53 Å². The number of carbonyl (C=O) groups is 1. The van der Waals surface area contributed by atoms with Crippen LogP contribution in [0.3, 0.4) is 0 Å². The average Bonchev–Trinajstić information content (AvgIpc) is 3.08. The Kier molecular flexibility index (Phi) is 6.42. The van der Waals surface area contributed by atoms with Crippen LogP contribution >= 0.6 is 12.2 Å². The highest BCUT2D eigenvalue weighted by Gasteiger charge is 2.31. The number of alkyl halides is 2. The van der Waals surface area contributed by atoms with Crippen LogP contribution in [0.15, 0.2) is 0 Å². The number of ether oxygens (including phenoxy) is 1.